The van der Waals surface area contributed by atoms with Gasteiger partial charge >= 0.3 is 6.09 Å². The Labute approximate surface area is 291 Å². The molecule has 3 aliphatic rings. The number of benzene rings is 2. The molecular weight excluding hydrogens is 624 g/mol. The maximum absolute atomic E-state index is 13.2. The van der Waals surface area contributed by atoms with Crippen LogP contribution in [0.4, 0.5) is 4.79 Å². The van der Waals surface area contributed by atoms with E-state index in [1.807, 2.05) is 78.8 Å². The van der Waals surface area contributed by atoms with Gasteiger partial charge in [0.1, 0.15) is 5.60 Å². The minimum absolute atomic E-state index is 0.0179. The smallest absolute Gasteiger partial charge is 0.410 e. The van der Waals surface area contributed by atoms with Crippen LogP contribution in [0, 0.1) is 22.7 Å². The lowest BCUT2D eigenvalue weighted by Crippen LogP contribution is -2.52. The fourth-order valence-electron chi connectivity index (χ4n) is 7.12. The predicted octanol–water partition coefficient (Wildman–Crippen LogP) is 9.28. The van der Waals surface area contributed by atoms with Crippen molar-refractivity contribution in [3.05, 3.63) is 58.7 Å². The molecule has 1 N–H and O–H groups in total. The van der Waals surface area contributed by atoms with Crippen molar-refractivity contribution in [1.82, 2.24) is 14.8 Å². The molecule has 1 aliphatic carbocycles. The van der Waals surface area contributed by atoms with Crippen LogP contribution in [-0.4, -0.2) is 53.4 Å². The van der Waals surface area contributed by atoms with Crippen LogP contribution in [-0.2, 0) is 20.8 Å². The third-order valence-electron chi connectivity index (χ3n) is 9.56. The molecule has 260 valence electrons. The molecule has 1 saturated carbocycles. The minimum atomic E-state index is -0.500. The monoisotopic (exact) mass is 676 g/mol. The van der Waals surface area contributed by atoms with E-state index in [0.29, 0.717) is 43.4 Å². The molecule has 0 unspecified atom stereocenters. The van der Waals surface area contributed by atoms with Crippen LogP contribution in [0.2, 0.25) is 5.02 Å². The number of halogens is 1. The topological polar surface area (TPSA) is 96.6 Å². The maximum Gasteiger partial charge on any atom is 0.410 e. The van der Waals surface area contributed by atoms with Crippen LogP contribution >= 0.6 is 11.6 Å². The fourth-order valence-corrected chi connectivity index (χ4v) is 7.45. The van der Waals surface area contributed by atoms with Gasteiger partial charge in [0, 0.05) is 62.0 Å². The first-order valence-corrected chi connectivity index (χ1v) is 18.1. The number of hydrogen-bond donors (Lipinski definition) is 1. The van der Waals surface area contributed by atoms with Crippen molar-refractivity contribution < 1.29 is 19.1 Å². The highest BCUT2D eigenvalue weighted by Crippen LogP contribution is 2.52. The minimum Gasteiger partial charge on any atom is -0.444 e. The Morgan fingerprint density at radius 2 is 1.73 bits per heavy atom. The van der Waals surface area contributed by atoms with E-state index in [2.05, 4.69) is 28.2 Å². The van der Waals surface area contributed by atoms with Gasteiger partial charge in [-0.05, 0) is 88.0 Å². The molecule has 3 aromatic rings. The average molecular weight is 677 g/mol. The largest absolute Gasteiger partial charge is 0.444 e. The van der Waals surface area contributed by atoms with Crippen molar-refractivity contribution in [3.63, 3.8) is 0 Å². The number of rotatable bonds is 5. The summed E-state index contributed by atoms with van der Waals surface area (Å²) < 4.78 is 13.4. The Kier molecular flexibility index (Phi) is 12.6. The summed E-state index contributed by atoms with van der Waals surface area (Å²) >= 11 is 7.13. The number of carbonyl (C=O) groups is 2. The Bertz CT molecular complexity index is 1600. The van der Waals surface area contributed by atoms with E-state index in [4.69, 9.17) is 21.1 Å². The lowest BCUT2D eigenvalue weighted by Gasteiger charge is -2.51. The van der Waals surface area contributed by atoms with Gasteiger partial charge in [0.15, 0.2) is 0 Å². The molecule has 0 radical (unpaired) electrons. The Morgan fingerprint density at radius 3 is 2.35 bits per heavy atom. The van der Waals surface area contributed by atoms with Crippen LogP contribution in [0.25, 0.3) is 22.0 Å². The van der Waals surface area contributed by atoms with Crippen LogP contribution in [0.15, 0.2) is 42.6 Å². The summed E-state index contributed by atoms with van der Waals surface area (Å²) in [5, 5.41) is 14.3. The van der Waals surface area contributed by atoms with Crippen LogP contribution in [0.3, 0.4) is 0 Å². The third-order valence-corrected chi connectivity index (χ3v) is 9.98. The van der Waals surface area contributed by atoms with Crippen molar-refractivity contribution in [2.45, 2.75) is 105 Å². The van der Waals surface area contributed by atoms with E-state index in [1.165, 1.54) is 0 Å². The summed E-state index contributed by atoms with van der Waals surface area (Å²) in [4.78, 5) is 27.5. The van der Waals surface area contributed by atoms with E-state index in [9.17, 15) is 14.9 Å². The molecule has 2 amide bonds. The second kappa shape index (κ2) is 16.2. The molecule has 0 atom stereocenters. The van der Waals surface area contributed by atoms with E-state index >= 15 is 0 Å². The Morgan fingerprint density at radius 1 is 1.06 bits per heavy atom. The molecular formula is C39H53ClN4O4. The van der Waals surface area contributed by atoms with Crippen LogP contribution in [0.5, 0.6) is 0 Å². The molecule has 6 rings (SSSR count). The first kappa shape index (κ1) is 37.3. The van der Waals surface area contributed by atoms with Gasteiger partial charge in [-0.3, -0.25) is 4.79 Å². The molecule has 2 aromatic carbocycles. The standard InChI is InChI=1S/C35H41ClN4O4.2C2H6/c1-34(2,3)44-33(42)39-13-11-35(12-14-39)18-26(19-35)32(41)38-21-25-7-8-28-29(24-6-4-5-23(17-24)20-37)22-40(31(28)30(25)36)27-9-15-43-16-10-27;2*1-2/h4-8,17,22,26-27H,9-16,18-19,21H2,1-3H3,(H,38,41);2*1-2H3. The number of amides is 2. The second-order valence-electron chi connectivity index (χ2n) is 13.7. The summed E-state index contributed by atoms with van der Waals surface area (Å²) in [7, 11) is 0. The highest BCUT2D eigenvalue weighted by Gasteiger charge is 2.49. The van der Waals surface area contributed by atoms with Crippen molar-refractivity contribution in [2.75, 3.05) is 26.3 Å². The Balaban J connectivity index is 0.00000125. The molecule has 3 heterocycles. The first-order valence-electron chi connectivity index (χ1n) is 17.7. The zero-order valence-electron chi connectivity index (χ0n) is 29.8. The first-order chi connectivity index (χ1) is 23.1. The number of piperidine rings is 1. The van der Waals surface area contributed by atoms with Gasteiger partial charge in [-0.15, -0.1) is 0 Å². The molecule has 2 aliphatic heterocycles. The molecule has 2 saturated heterocycles. The molecule has 8 nitrogen and oxygen atoms in total. The molecule has 9 heteroatoms. The van der Waals surface area contributed by atoms with Gasteiger partial charge in [-0.25, -0.2) is 4.79 Å². The number of nitrogens with zero attached hydrogens (tertiary/aromatic N) is 3. The van der Waals surface area contributed by atoms with E-state index < -0.39 is 5.60 Å². The normalized spacial score (nSPS) is 17.7. The van der Waals surface area contributed by atoms with E-state index in [1.54, 1.807) is 4.90 Å². The zero-order valence-corrected chi connectivity index (χ0v) is 30.6. The summed E-state index contributed by atoms with van der Waals surface area (Å²) in [5.74, 6) is 0.0471. The average Bonchev–Trinajstić information content (AvgIpc) is 3.49. The number of ether oxygens (including phenoxy) is 2. The molecule has 0 bridgehead atoms. The number of aromatic nitrogens is 1. The van der Waals surface area contributed by atoms with Crippen molar-refractivity contribution >= 4 is 34.5 Å². The van der Waals surface area contributed by atoms with Crippen LogP contribution in [0.1, 0.15) is 104 Å². The fraction of sp³-hybridized carbons (Fsp3) is 0.564. The molecule has 48 heavy (non-hydrogen) atoms. The lowest BCUT2D eigenvalue weighted by molar-refractivity contribution is -0.135. The third kappa shape index (κ3) is 8.36. The van der Waals surface area contributed by atoms with Crippen LogP contribution < -0.4 is 5.32 Å². The van der Waals surface area contributed by atoms with Crippen molar-refractivity contribution in [3.8, 4) is 17.2 Å². The van der Waals surface area contributed by atoms with Gasteiger partial charge in [0.25, 0.3) is 0 Å². The van der Waals surface area contributed by atoms with Gasteiger partial charge < -0.3 is 24.3 Å². The highest BCUT2D eigenvalue weighted by atomic mass is 35.5. The van der Waals surface area contributed by atoms with Gasteiger partial charge in [-0.2, -0.15) is 5.26 Å². The van der Waals surface area contributed by atoms with Crippen molar-refractivity contribution in [1.29, 1.82) is 5.26 Å². The number of nitriles is 1. The maximum atomic E-state index is 13.2. The summed E-state index contributed by atoms with van der Waals surface area (Å²) in [6.07, 6.45) is 7.23. The number of carbonyl (C=O) groups excluding carboxylic acids is 2. The Hall–Kier alpha value is -3.54. The van der Waals surface area contributed by atoms with Gasteiger partial charge in [0.05, 0.1) is 22.2 Å². The van der Waals surface area contributed by atoms with E-state index in [0.717, 1.165) is 66.1 Å². The molecule has 3 fully saturated rings. The molecule has 1 spiro atoms. The quantitative estimate of drug-likeness (QED) is 0.291. The number of hydrogen-bond acceptors (Lipinski definition) is 5. The van der Waals surface area contributed by atoms with E-state index in [-0.39, 0.29) is 29.4 Å². The summed E-state index contributed by atoms with van der Waals surface area (Å²) in [6.45, 7) is 16.8. The van der Waals surface area contributed by atoms with Crippen molar-refractivity contribution in [2.24, 2.45) is 11.3 Å². The lowest BCUT2D eigenvalue weighted by atomic mass is 9.57. The van der Waals surface area contributed by atoms with Gasteiger partial charge in [-0.1, -0.05) is 63.6 Å². The highest BCUT2D eigenvalue weighted by molar-refractivity contribution is 6.36. The van der Waals surface area contributed by atoms with Gasteiger partial charge in [0.2, 0.25) is 5.91 Å². The summed E-state index contributed by atoms with van der Waals surface area (Å²) in [5.41, 5.74) is 4.12. The molecule has 1 aromatic heterocycles. The number of nitrogens with one attached hydrogen (secondary N) is 1. The predicted molar refractivity (Wildman–Crippen MR) is 193 cm³/mol. The zero-order chi connectivity index (χ0) is 35.1. The number of likely N-dealkylation sites (tertiary alicyclic amines) is 1. The number of fused-ring (bicyclic) bond motifs is 1. The summed E-state index contributed by atoms with van der Waals surface area (Å²) in [6, 6.07) is 14.3. The SMILES string of the molecule is CC.CC.CC(C)(C)OC(=O)N1CCC2(CC1)CC(C(=O)NCc1ccc3c(-c4cccc(C#N)c4)cn(C4CCOCC4)c3c1Cl)C2. The second-order valence-corrected chi connectivity index (χ2v) is 14.1.